The van der Waals surface area contributed by atoms with E-state index in [-0.39, 0.29) is 0 Å². The molecule has 1 heterocycles. The largest absolute Gasteiger partial charge is 0.315 e. The van der Waals surface area contributed by atoms with Gasteiger partial charge in [0.2, 0.25) is 0 Å². The Labute approximate surface area is 115 Å². The van der Waals surface area contributed by atoms with Crippen LogP contribution in [-0.2, 0) is 0 Å². The van der Waals surface area contributed by atoms with Gasteiger partial charge in [0.15, 0.2) is 0 Å². The number of hydrogen-bond acceptors (Lipinski definition) is 2. The highest BCUT2D eigenvalue weighted by Crippen LogP contribution is 2.34. The molecule has 0 spiro atoms. The Bertz CT molecular complexity index is 207. The molecule has 0 saturated carbocycles. The summed E-state index contributed by atoms with van der Waals surface area (Å²) in [5.74, 6) is 0. The van der Waals surface area contributed by atoms with Gasteiger partial charge in [-0.05, 0) is 51.2 Å². The lowest BCUT2D eigenvalue weighted by Gasteiger charge is -2.41. The van der Waals surface area contributed by atoms with Gasteiger partial charge in [-0.1, -0.05) is 40.0 Å². The summed E-state index contributed by atoms with van der Waals surface area (Å²) in [6, 6.07) is 0.702. The van der Waals surface area contributed by atoms with E-state index in [2.05, 4.69) is 37.9 Å². The summed E-state index contributed by atoms with van der Waals surface area (Å²) >= 11 is 0. The van der Waals surface area contributed by atoms with E-state index in [4.69, 9.17) is 0 Å². The van der Waals surface area contributed by atoms with E-state index in [0.717, 1.165) is 6.54 Å². The van der Waals surface area contributed by atoms with Crippen LogP contribution in [0.25, 0.3) is 0 Å². The minimum atomic E-state index is 0.616. The fraction of sp³-hybridized carbons (Fsp3) is 1.00. The van der Waals surface area contributed by atoms with Gasteiger partial charge in [-0.15, -0.1) is 0 Å². The summed E-state index contributed by atoms with van der Waals surface area (Å²) in [7, 11) is 0. The van der Waals surface area contributed by atoms with Crippen LogP contribution in [0.2, 0.25) is 0 Å². The summed E-state index contributed by atoms with van der Waals surface area (Å²) in [5.41, 5.74) is 0.616. The van der Waals surface area contributed by atoms with E-state index in [1.165, 1.54) is 58.2 Å². The lowest BCUT2D eigenvalue weighted by atomic mass is 9.78. The predicted octanol–water partition coefficient (Wildman–Crippen LogP) is 3.67. The number of hydrogen-bond donors (Lipinski definition) is 1. The first-order chi connectivity index (χ1) is 8.61. The highest BCUT2D eigenvalue weighted by atomic mass is 15.2. The molecule has 1 aliphatic heterocycles. The molecule has 108 valence electrons. The first-order valence-corrected chi connectivity index (χ1v) is 8.06. The van der Waals surface area contributed by atoms with Gasteiger partial charge >= 0.3 is 0 Å². The molecule has 0 amide bonds. The van der Waals surface area contributed by atoms with Crippen molar-refractivity contribution in [2.45, 2.75) is 72.3 Å². The normalized spacial score (nSPS) is 22.0. The van der Waals surface area contributed by atoms with Crippen molar-refractivity contribution in [2.24, 2.45) is 5.41 Å². The van der Waals surface area contributed by atoms with Crippen molar-refractivity contribution in [2.75, 3.05) is 26.2 Å². The molecule has 0 aromatic carbocycles. The van der Waals surface area contributed by atoms with E-state index in [0.29, 0.717) is 11.5 Å². The first kappa shape index (κ1) is 16.0. The molecule has 2 heteroatoms. The van der Waals surface area contributed by atoms with Crippen molar-refractivity contribution in [3.8, 4) is 0 Å². The van der Waals surface area contributed by atoms with Crippen molar-refractivity contribution < 1.29 is 0 Å². The first-order valence-electron chi connectivity index (χ1n) is 8.06. The van der Waals surface area contributed by atoms with Crippen LogP contribution in [-0.4, -0.2) is 37.1 Å². The van der Waals surface area contributed by atoms with Crippen molar-refractivity contribution >= 4 is 0 Å². The third-order valence-electron chi connectivity index (χ3n) is 4.88. The molecule has 0 aromatic rings. The minimum absolute atomic E-state index is 0.616. The van der Waals surface area contributed by atoms with Gasteiger partial charge in [-0.25, -0.2) is 0 Å². The molecule has 2 nitrogen and oxygen atoms in total. The fourth-order valence-electron chi connectivity index (χ4n) is 2.80. The van der Waals surface area contributed by atoms with Crippen LogP contribution in [0.4, 0.5) is 0 Å². The van der Waals surface area contributed by atoms with Crippen LogP contribution >= 0.6 is 0 Å². The molecule has 1 aliphatic rings. The molecule has 0 bridgehead atoms. The zero-order valence-electron chi connectivity index (χ0n) is 13.1. The number of nitrogens with zero attached hydrogens (tertiary/aromatic N) is 1. The number of likely N-dealkylation sites (tertiary alicyclic amines) is 1. The monoisotopic (exact) mass is 254 g/mol. The third kappa shape index (κ3) is 5.27. The van der Waals surface area contributed by atoms with Crippen LogP contribution in [0.3, 0.4) is 0 Å². The molecular weight excluding hydrogens is 220 g/mol. The summed E-state index contributed by atoms with van der Waals surface area (Å²) in [6.45, 7) is 14.4. The summed E-state index contributed by atoms with van der Waals surface area (Å²) in [6.07, 6.45) is 8.11. The van der Waals surface area contributed by atoms with Crippen molar-refractivity contribution in [1.82, 2.24) is 10.2 Å². The van der Waals surface area contributed by atoms with Gasteiger partial charge in [0, 0.05) is 12.6 Å². The van der Waals surface area contributed by atoms with Crippen LogP contribution in [0, 0.1) is 5.41 Å². The van der Waals surface area contributed by atoms with Gasteiger partial charge < -0.3 is 5.32 Å². The quantitative estimate of drug-likeness (QED) is 0.665. The van der Waals surface area contributed by atoms with Crippen molar-refractivity contribution in [3.63, 3.8) is 0 Å². The lowest BCUT2D eigenvalue weighted by molar-refractivity contribution is 0.0861. The maximum Gasteiger partial charge on any atom is 0.0192 e. The van der Waals surface area contributed by atoms with Crippen LogP contribution < -0.4 is 5.32 Å². The van der Waals surface area contributed by atoms with Gasteiger partial charge in [-0.2, -0.15) is 0 Å². The minimum Gasteiger partial charge on any atom is -0.315 e. The Balaban J connectivity index is 2.14. The van der Waals surface area contributed by atoms with Crippen LogP contribution in [0.5, 0.6) is 0 Å². The number of nitrogens with one attached hydrogen (secondary N) is 1. The standard InChI is InChI=1S/C16H34N2/c1-5-7-8-11-17-14-15(3)18-12-9-16(4,6-2)10-13-18/h15,17H,5-14H2,1-4H3. The average Bonchev–Trinajstić information content (AvgIpc) is 2.39. The number of piperidine rings is 1. The predicted molar refractivity (Wildman–Crippen MR) is 81.1 cm³/mol. The second-order valence-electron chi connectivity index (χ2n) is 6.46. The Morgan fingerprint density at radius 2 is 1.83 bits per heavy atom. The van der Waals surface area contributed by atoms with Gasteiger partial charge in [0.1, 0.15) is 0 Å². The van der Waals surface area contributed by atoms with E-state index in [9.17, 15) is 0 Å². The molecule has 0 aromatic heterocycles. The molecule has 1 saturated heterocycles. The topological polar surface area (TPSA) is 15.3 Å². The Kier molecular flexibility index (Phi) is 7.25. The Hall–Kier alpha value is -0.0800. The number of rotatable bonds is 8. The van der Waals surface area contributed by atoms with E-state index >= 15 is 0 Å². The SMILES string of the molecule is CCCCCNCC(C)N1CCC(C)(CC)CC1. The molecule has 1 atom stereocenters. The lowest BCUT2D eigenvalue weighted by Crippen LogP contribution is -2.46. The molecule has 0 radical (unpaired) electrons. The molecule has 0 aliphatic carbocycles. The molecular formula is C16H34N2. The summed E-state index contributed by atoms with van der Waals surface area (Å²) in [5, 5.41) is 3.61. The van der Waals surface area contributed by atoms with E-state index in [1.807, 2.05) is 0 Å². The Morgan fingerprint density at radius 1 is 1.17 bits per heavy atom. The van der Waals surface area contributed by atoms with Crippen LogP contribution in [0.15, 0.2) is 0 Å². The van der Waals surface area contributed by atoms with Crippen molar-refractivity contribution in [1.29, 1.82) is 0 Å². The third-order valence-corrected chi connectivity index (χ3v) is 4.88. The summed E-state index contributed by atoms with van der Waals surface area (Å²) in [4.78, 5) is 2.67. The van der Waals surface area contributed by atoms with Gasteiger partial charge in [0.05, 0.1) is 0 Å². The molecule has 1 unspecified atom stereocenters. The average molecular weight is 254 g/mol. The zero-order valence-corrected chi connectivity index (χ0v) is 13.1. The van der Waals surface area contributed by atoms with E-state index in [1.54, 1.807) is 0 Å². The molecule has 18 heavy (non-hydrogen) atoms. The second kappa shape index (κ2) is 8.16. The van der Waals surface area contributed by atoms with Gasteiger partial charge in [-0.3, -0.25) is 4.90 Å². The zero-order chi connectivity index (χ0) is 13.4. The molecule has 1 rings (SSSR count). The maximum absolute atomic E-state index is 3.61. The smallest absolute Gasteiger partial charge is 0.0192 e. The summed E-state index contributed by atoms with van der Waals surface area (Å²) < 4.78 is 0. The number of unbranched alkanes of at least 4 members (excludes halogenated alkanes) is 2. The highest BCUT2D eigenvalue weighted by Gasteiger charge is 2.29. The second-order valence-corrected chi connectivity index (χ2v) is 6.46. The van der Waals surface area contributed by atoms with E-state index < -0.39 is 0 Å². The fourth-order valence-corrected chi connectivity index (χ4v) is 2.80. The van der Waals surface area contributed by atoms with Gasteiger partial charge in [0.25, 0.3) is 0 Å². The Morgan fingerprint density at radius 3 is 2.39 bits per heavy atom. The van der Waals surface area contributed by atoms with Crippen LogP contribution in [0.1, 0.15) is 66.2 Å². The highest BCUT2D eigenvalue weighted by molar-refractivity contribution is 4.83. The maximum atomic E-state index is 3.61. The van der Waals surface area contributed by atoms with Crippen molar-refractivity contribution in [3.05, 3.63) is 0 Å². The molecule has 1 fully saturated rings. The molecule has 1 N–H and O–H groups in total.